The third kappa shape index (κ3) is 13.4. The van der Waals surface area contributed by atoms with Gasteiger partial charge in [-0.05, 0) is 87.2 Å². The number of rotatable bonds is 11. The topological polar surface area (TPSA) is 231 Å². The minimum Gasteiger partial charge on any atom is -0.490 e. The molecule has 20 heteroatoms. The van der Waals surface area contributed by atoms with Crippen molar-refractivity contribution in [1.82, 2.24) is 45.2 Å². The summed E-state index contributed by atoms with van der Waals surface area (Å²) in [6.07, 6.45) is 18.5. The van der Waals surface area contributed by atoms with Gasteiger partial charge in [0.05, 0.1) is 60.4 Å². The Hall–Kier alpha value is -6.41. The minimum absolute atomic E-state index is 0. The Balaban J connectivity index is 0.000000194. The van der Waals surface area contributed by atoms with E-state index in [9.17, 15) is 9.59 Å². The first-order valence-corrected chi connectivity index (χ1v) is 24.2. The highest BCUT2D eigenvalue weighted by Gasteiger charge is 2.26. The van der Waals surface area contributed by atoms with Gasteiger partial charge in [0, 0.05) is 103 Å². The van der Waals surface area contributed by atoms with Crippen molar-refractivity contribution in [2.45, 2.75) is 89.0 Å². The Kier molecular flexibility index (Phi) is 17.2. The van der Waals surface area contributed by atoms with E-state index in [4.69, 9.17) is 36.3 Å². The summed E-state index contributed by atoms with van der Waals surface area (Å²) in [6.45, 7) is 8.34. The molecule has 19 nitrogen and oxygen atoms in total. The lowest BCUT2D eigenvalue weighted by atomic mass is 9.93. The van der Waals surface area contributed by atoms with Gasteiger partial charge in [-0.25, -0.2) is 39.9 Å². The molecule has 4 fully saturated rings. The number of nitrogens with zero attached hydrogens (tertiary/aromatic N) is 10. The SMILES string of the molecule is CCC(=O)c1ccnc(NC2CCC(Oc3cc(N4CCOCC4)cc4ncncc34)CC2)n1.CNC(=O)c1ccnc(Cl)n1.NC1CCC(Oc2cc(N3CCOCC3)cc3ncncc23)CC1.[HH].[HH]. The minimum atomic E-state index is -0.269. The number of anilines is 3. The lowest BCUT2D eigenvalue weighted by molar-refractivity contribution is 0.0955. The van der Waals surface area contributed by atoms with Crippen molar-refractivity contribution in [2.75, 3.05) is 74.8 Å². The molecule has 6 aromatic rings. The van der Waals surface area contributed by atoms with Crippen LogP contribution in [0, 0.1) is 0 Å². The number of hydrogen-bond donors (Lipinski definition) is 3. The Morgan fingerprint density at radius 2 is 1.25 bits per heavy atom. The van der Waals surface area contributed by atoms with Crippen molar-refractivity contribution < 1.29 is 31.4 Å². The second-order valence-electron chi connectivity index (χ2n) is 17.2. The Bertz CT molecular complexity index is 2650. The van der Waals surface area contributed by atoms with Crippen LogP contribution in [0.5, 0.6) is 11.5 Å². The van der Waals surface area contributed by atoms with Crippen LogP contribution in [-0.4, -0.2) is 136 Å². The van der Waals surface area contributed by atoms with Crippen LogP contribution < -0.4 is 35.6 Å². The van der Waals surface area contributed by atoms with Crippen LogP contribution >= 0.6 is 11.6 Å². The fourth-order valence-corrected chi connectivity index (χ4v) is 8.85. The molecule has 2 aliphatic carbocycles. The maximum atomic E-state index is 11.9. The van der Waals surface area contributed by atoms with Crippen LogP contribution in [0.15, 0.2) is 73.8 Å². The second-order valence-corrected chi connectivity index (χ2v) is 17.6. The number of aromatic nitrogens is 8. The molecule has 69 heavy (non-hydrogen) atoms. The van der Waals surface area contributed by atoms with Crippen molar-refractivity contribution in [3.63, 3.8) is 0 Å². The number of Topliss-reactive ketones (excluding diaryl/α,β-unsaturated/α-hetero) is 1. The number of amides is 1. The zero-order valence-electron chi connectivity index (χ0n) is 39.1. The predicted octanol–water partition coefficient (Wildman–Crippen LogP) is 6.75. The summed E-state index contributed by atoms with van der Waals surface area (Å²) in [4.78, 5) is 60.8. The summed E-state index contributed by atoms with van der Waals surface area (Å²) in [6, 6.07) is 12.2. The molecule has 0 radical (unpaired) electrons. The van der Waals surface area contributed by atoms with Crippen LogP contribution in [0.4, 0.5) is 17.3 Å². The Morgan fingerprint density at radius 1 is 0.725 bits per heavy atom. The van der Waals surface area contributed by atoms with E-state index in [1.54, 1.807) is 24.9 Å². The number of hydrogen-bond acceptors (Lipinski definition) is 18. The van der Waals surface area contributed by atoms with Gasteiger partial charge in [0.2, 0.25) is 11.2 Å². The van der Waals surface area contributed by atoms with Gasteiger partial charge in [0.1, 0.15) is 35.5 Å². The fraction of sp³-hybridized carbons (Fsp3) is 0.469. The van der Waals surface area contributed by atoms with E-state index in [2.05, 4.69) is 84.6 Å². The summed E-state index contributed by atoms with van der Waals surface area (Å²) in [5.41, 5.74) is 10.8. The summed E-state index contributed by atoms with van der Waals surface area (Å²) in [5.74, 6) is 2.00. The third-order valence-corrected chi connectivity index (χ3v) is 12.7. The second kappa shape index (κ2) is 24.2. The van der Waals surface area contributed by atoms with Gasteiger partial charge < -0.3 is 45.1 Å². The number of halogens is 1. The number of nitrogens with two attached hydrogens (primary N) is 1. The van der Waals surface area contributed by atoms with Gasteiger partial charge in [-0.2, -0.15) is 0 Å². The van der Waals surface area contributed by atoms with Gasteiger partial charge in [-0.3, -0.25) is 9.59 Å². The number of carbonyl (C=O) groups excluding carboxylic acids is 2. The Labute approximate surface area is 409 Å². The number of benzene rings is 2. The molecule has 4 aliphatic rings. The van der Waals surface area contributed by atoms with Crippen LogP contribution in [0.1, 0.15) is 88.5 Å². The highest BCUT2D eigenvalue weighted by Crippen LogP contribution is 2.35. The van der Waals surface area contributed by atoms with Gasteiger partial charge >= 0.3 is 0 Å². The summed E-state index contributed by atoms with van der Waals surface area (Å²) in [7, 11) is 1.53. The molecule has 2 saturated carbocycles. The van der Waals surface area contributed by atoms with Gasteiger partial charge in [-0.1, -0.05) is 6.92 Å². The van der Waals surface area contributed by atoms with E-state index in [1.165, 1.54) is 19.3 Å². The van der Waals surface area contributed by atoms with Crippen molar-refractivity contribution in [3.05, 3.63) is 90.5 Å². The first-order chi connectivity index (χ1) is 33.7. The van der Waals surface area contributed by atoms with Crippen molar-refractivity contribution >= 4 is 62.4 Å². The highest BCUT2D eigenvalue weighted by atomic mass is 35.5. The average molecular weight is 967 g/mol. The van der Waals surface area contributed by atoms with E-state index in [-0.39, 0.29) is 43.8 Å². The maximum Gasteiger partial charge on any atom is 0.269 e. The molecule has 368 valence electrons. The van der Waals surface area contributed by atoms with Crippen molar-refractivity contribution in [1.29, 1.82) is 0 Å². The number of carbonyl (C=O) groups is 2. The van der Waals surface area contributed by atoms with Crippen LogP contribution in [0.25, 0.3) is 21.8 Å². The van der Waals surface area contributed by atoms with E-state index >= 15 is 0 Å². The number of fused-ring (bicyclic) bond motifs is 2. The molecule has 4 N–H and O–H groups in total. The lowest BCUT2D eigenvalue weighted by Gasteiger charge is -2.31. The molecule has 1 amide bonds. The summed E-state index contributed by atoms with van der Waals surface area (Å²) >= 11 is 5.44. The van der Waals surface area contributed by atoms with Gasteiger partial charge in [0.15, 0.2) is 5.78 Å². The summed E-state index contributed by atoms with van der Waals surface area (Å²) < 4.78 is 23.8. The zero-order chi connectivity index (χ0) is 48.0. The molecule has 2 aliphatic heterocycles. The molecular weight excluding hydrogens is 902 g/mol. The molecular formula is C49H64ClN13O6. The van der Waals surface area contributed by atoms with Crippen molar-refractivity contribution in [2.24, 2.45) is 5.73 Å². The number of nitrogens with one attached hydrogen (secondary N) is 2. The fourth-order valence-electron chi connectivity index (χ4n) is 8.71. The largest absolute Gasteiger partial charge is 0.490 e. The Morgan fingerprint density at radius 3 is 1.77 bits per heavy atom. The number of ketones is 1. The predicted molar refractivity (Wildman–Crippen MR) is 268 cm³/mol. The van der Waals surface area contributed by atoms with Crippen LogP contribution in [-0.2, 0) is 9.47 Å². The van der Waals surface area contributed by atoms with Crippen molar-refractivity contribution in [3.8, 4) is 11.5 Å². The smallest absolute Gasteiger partial charge is 0.269 e. The third-order valence-electron chi connectivity index (χ3n) is 12.6. The zero-order valence-corrected chi connectivity index (χ0v) is 39.9. The van der Waals surface area contributed by atoms with E-state index < -0.39 is 0 Å². The standard InChI is InChI=1S/C25H30N6O3.C18H24N4O2.C6H6ClN3O.2H2/c1-2-23(32)21-7-8-27-25(30-21)29-17-3-5-19(6-4-17)34-24-14-18(31-9-11-33-12-10-31)13-22-20(24)15-26-16-28-22;19-13-1-3-15(4-2-13)24-18-10-14(22-5-7-23-8-6-22)9-17-16(18)11-20-12-21-17;1-8-5(11)4-2-3-9-6(7)10-4;;/h7-8,13-17,19H,2-6,9-12H2,1H3,(H,27,29,30);9-13,15H,1-8,19H2;2-3H,1H3,(H,8,11);2*1H. The average Bonchev–Trinajstić information content (AvgIpc) is 3.40. The number of ether oxygens (including phenoxy) is 4. The molecule has 0 atom stereocenters. The first-order valence-electron chi connectivity index (χ1n) is 23.8. The number of morpholine rings is 2. The van der Waals surface area contributed by atoms with Crippen LogP contribution in [0.2, 0.25) is 5.28 Å². The molecule has 2 aromatic carbocycles. The molecule has 10 rings (SSSR count). The lowest BCUT2D eigenvalue weighted by Crippen LogP contribution is -2.36. The first kappa shape index (κ1) is 49.0. The normalized spacial score (nSPS) is 20.4. The van der Waals surface area contributed by atoms with Gasteiger partial charge in [0.25, 0.3) is 5.91 Å². The molecule has 0 unspecified atom stereocenters. The molecule has 6 heterocycles. The maximum absolute atomic E-state index is 11.9. The molecule has 2 saturated heterocycles. The van der Waals surface area contributed by atoms with Crippen LogP contribution in [0.3, 0.4) is 0 Å². The monoisotopic (exact) mass is 965 g/mol. The van der Waals surface area contributed by atoms with E-state index in [0.29, 0.717) is 24.1 Å². The van der Waals surface area contributed by atoms with E-state index in [1.807, 2.05) is 19.3 Å². The van der Waals surface area contributed by atoms with Gasteiger partial charge in [-0.15, -0.1) is 0 Å². The molecule has 0 spiro atoms. The highest BCUT2D eigenvalue weighted by molar-refractivity contribution is 6.28. The van der Waals surface area contributed by atoms with E-state index in [0.717, 1.165) is 149 Å². The molecule has 4 aromatic heterocycles. The molecule has 0 bridgehead atoms. The quantitative estimate of drug-likeness (QED) is 0.0901. The summed E-state index contributed by atoms with van der Waals surface area (Å²) in [5, 5.41) is 7.81.